The second kappa shape index (κ2) is 7.70. The fraction of sp³-hybridized carbons (Fsp3) is 0.455. The normalized spacial score (nSPS) is 23.3. The molecule has 0 aliphatic carbocycles. The quantitative estimate of drug-likeness (QED) is 0.625. The summed E-state index contributed by atoms with van der Waals surface area (Å²) in [5, 5.41) is 9.91. The summed E-state index contributed by atoms with van der Waals surface area (Å²) in [4.78, 5) is 0. The van der Waals surface area contributed by atoms with Gasteiger partial charge in [0.15, 0.2) is 23.0 Å². The Hall–Kier alpha value is -1.96. The highest BCUT2D eigenvalue weighted by atomic mass is 79.9. The number of aliphatic hydroxyl groups excluding tert-OH is 1. The monoisotopic (exact) mass is 463 g/mol. The van der Waals surface area contributed by atoms with Crippen LogP contribution < -0.4 is 35.9 Å². The summed E-state index contributed by atoms with van der Waals surface area (Å²) in [7, 11) is 3.38. The molecule has 0 spiro atoms. The zero-order valence-electron chi connectivity index (χ0n) is 16.7. The van der Waals surface area contributed by atoms with Gasteiger partial charge in [0.25, 0.3) is 0 Å². The molecule has 2 aromatic rings. The van der Waals surface area contributed by atoms with Crippen LogP contribution in [0.5, 0.6) is 23.0 Å². The molecule has 0 radical (unpaired) electrons. The number of hydrogen-bond acceptors (Lipinski definition) is 5. The Labute approximate surface area is 181 Å². The van der Waals surface area contributed by atoms with E-state index < -0.39 is 0 Å². The number of methoxy groups -OCH3 is 2. The molecular weight excluding hydrogens is 438 g/mol. The third kappa shape index (κ3) is 3.07. The van der Waals surface area contributed by atoms with E-state index in [-0.39, 0.29) is 29.6 Å². The third-order valence-corrected chi connectivity index (χ3v) is 6.66. The van der Waals surface area contributed by atoms with E-state index in [2.05, 4.69) is 18.2 Å². The smallest absolute Gasteiger partial charge is 0.231 e. The van der Waals surface area contributed by atoms with Crippen molar-refractivity contribution in [3.8, 4) is 23.0 Å². The van der Waals surface area contributed by atoms with Crippen molar-refractivity contribution >= 4 is 0 Å². The van der Waals surface area contributed by atoms with Crippen LogP contribution in [0.25, 0.3) is 0 Å². The van der Waals surface area contributed by atoms with Crippen molar-refractivity contribution in [1.29, 1.82) is 0 Å². The molecule has 0 saturated heterocycles. The van der Waals surface area contributed by atoms with E-state index in [9.17, 15) is 5.11 Å². The lowest BCUT2D eigenvalue weighted by atomic mass is 9.81. The summed E-state index contributed by atoms with van der Waals surface area (Å²) in [5.74, 6) is 3.28. The van der Waals surface area contributed by atoms with Crippen LogP contribution in [-0.2, 0) is 19.4 Å². The number of hydrogen-bond donors (Lipinski definition) is 1. The second-order valence-electron chi connectivity index (χ2n) is 7.86. The minimum Gasteiger partial charge on any atom is -1.00 e. The summed E-state index contributed by atoms with van der Waals surface area (Å²) in [6.07, 6.45) is 1.87. The van der Waals surface area contributed by atoms with E-state index in [0.717, 1.165) is 60.0 Å². The molecule has 6 nitrogen and oxygen atoms in total. The molecule has 0 saturated carbocycles. The van der Waals surface area contributed by atoms with Gasteiger partial charge in [-0.05, 0) is 29.3 Å². The lowest BCUT2D eigenvalue weighted by molar-refractivity contribution is -0.973. The molecule has 0 aromatic heterocycles. The number of quaternary nitrogens is 1. The lowest BCUT2D eigenvalue weighted by Gasteiger charge is -2.51. The fourth-order valence-corrected chi connectivity index (χ4v) is 5.28. The summed E-state index contributed by atoms with van der Waals surface area (Å²) in [6, 6.07) is 8.75. The van der Waals surface area contributed by atoms with E-state index in [4.69, 9.17) is 18.9 Å². The number of aliphatic hydroxyl groups is 1. The molecular formula is C22H26BrNO5. The van der Waals surface area contributed by atoms with Gasteiger partial charge in [0.05, 0.1) is 32.9 Å². The van der Waals surface area contributed by atoms with Crippen molar-refractivity contribution in [2.75, 3.05) is 40.7 Å². The van der Waals surface area contributed by atoms with Crippen LogP contribution in [0.1, 0.15) is 28.3 Å². The molecule has 2 unspecified atom stereocenters. The maximum absolute atomic E-state index is 9.91. The first-order valence-corrected chi connectivity index (χ1v) is 9.81. The Morgan fingerprint density at radius 3 is 2.62 bits per heavy atom. The van der Waals surface area contributed by atoms with Crippen LogP contribution in [0, 0.1) is 0 Å². The Morgan fingerprint density at radius 1 is 1.10 bits per heavy atom. The minimum atomic E-state index is 0. The topological polar surface area (TPSA) is 57.2 Å². The van der Waals surface area contributed by atoms with Crippen LogP contribution >= 0.6 is 0 Å². The average Bonchev–Trinajstić information content (AvgIpc) is 3.17. The number of rotatable bonds is 4. The van der Waals surface area contributed by atoms with Gasteiger partial charge < -0.3 is 45.5 Å². The van der Waals surface area contributed by atoms with Gasteiger partial charge in [0.2, 0.25) is 6.79 Å². The molecule has 3 aliphatic rings. The fourth-order valence-electron chi connectivity index (χ4n) is 5.28. The third-order valence-electron chi connectivity index (χ3n) is 6.66. The van der Waals surface area contributed by atoms with Crippen LogP contribution in [0.4, 0.5) is 0 Å². The Balaban J connectivity index is 0.00000205. The predicted molar refractivity (Wildman–Crippen MR) is 103 cm³/mol. The van der Waals surface area contributed by atoms with Crippen molar-refractivity contribution in [3.63, 3.8) is 0 Å². The number of fused-ring (bicyclic) bond motifs is 5. The van der Waals surface area contributed by atoms with Crippen LogP contribution in [0.15, 0.2) is 24.3 Å². The van der Waals surface area contributed by atoms with E-state index in [1.807, 2.05) is 6.07 Å². The minimum absolute atomic E-state index is 0. The Morgan fingerprint density at radius 2 is 1.90 bits per heavy atom. The van der Waals surface area contributed by atoms with Crippen molar-refractivity contribution in [2.45, 2.75) is 25.4 Å². The Kier molecular flexibility index (Phi) is 5.40. The molecule has 2 atom stereocenters. The van der Waals surface area contributed by atoms with Crippen molar-refractivity contribution in [1.82, 2.24) is 0 Å². The molecule has 0 bridgehead atoms. The van der Waals surface area contributed by atoms with E-state index in [1.165, 1.54) is 22.3 Å². The molecule has 156 valence electrons. The zero-order chi connectivity index (χ0) is 19.3. The second-order valence-corrected chi connectivity index (χ2v) is 7.86. The zero-order valence-corrected chi connectivity index (χ0v) is 18.3. The summed E-state index contributed by atoms with van der Waals surface area (Å²) < 4.78 is 23.3. The van der Waals surface area contributed by atoms with Crippen LogP contribution in [0.3, 0.4) is 0 Å². The lowest BCUT2D eigenvalue weighted by Crippen LogP contribution is -3.00. The molecule has 7 heteroatoms. The summed E-state index contributed by atoms with van der Waals surface area (Å²) in [5.41, 5.74) is 5.16. The van der Waals surface area contributed by atoms with Gasteiger partial charge in [-0.25, -0.2) is 0 Å². The van der Waals surface area contributed by atoms with E-state index >= 15 is 0 Å². The van der Waals surface area contributed by atoms with Gasteiger partial charge >= 0.3 is 0 Å². The van der Waals surface area contributed by atoms with Crippen molar-refractivity contribution in [3.05, 3.63) is 46.5 Å². The van der Waals surface area contributed by atoms with E-state index in [1.54, 1.807) is 14.2 Å². The van der Waals surface area contributed by atoms with Gasteiger partial charge in [-0.1, -0.05) is 6.07 Å². The first kappa shape index (κ1) is 20.3. The first-order valence-electron chi connectivity index (χ1n) is 9.81. The van der Waals surface area contributed by atoms with Gasteiger partial charge in [0, 0.05) is 18.4 Å². The highest BCUT2D eigenvalue weighted by Gasteiger charge is 2.47. The van der Waals surface area contributed by atoms with Gasteiger partial charge in [-0.2, -0.15) is 0 Å². The van der Waals surface area contributed by atoms with Crippen molar-refractivity contribution in [2.24, 2.45) is 0 Å². The van der Waals surface area contributed by atoms with Crippen LogP contribution in [0.2, 0.25) is 0 Å². The maximum Gasteiger partial charge on any atom is 0.231 e. The number of halogens is 1. The molecule has 29 heavy (non-hydrogen) atoms. The highest BCUT2D eigenvalue weighted by molar-refractivity contribution is 5.54. The predicted octanol–water partition coefficient (Wildman–Crippen LogP) is -0.401. The number of benzene rings is 2. The van der Waals surface area contributed by atoms with Gasteiger partial charge in [0.1, 0.15) is 19.1 Å². The molecule has 1 N–H and O–H groups in total. The largest absolute Gasteiger partial charge is 1.00 e. The number of ether oxygens (including phenoxy) is 4. The SMILES string of the molecule is COc1ccc2c(c1OC)C[N+]1(CCO)CCc3cc4c(cc3C1C2)OCO4.[Br-]. The summed E-state index contributed by atoms with van der Waals surface area (Å²) >= 11 is 0. The number of nitrogens with zero attached hydrogens (tertiary/aromatic N) is 1. The average molecular weight is 464 g/mol. The summed E-state index contributed by atoms with van der Waals surface area (Å²) in [6.45, 7) is 2.99. The first-order chi connectivity index (χ1) is 13.7. The van der Waals surface area contributed by atoms with Crippen LogP contribution in [-0.4, -0.2) is 50.3 Å². The molecule has 2 aromatic carbocycles. The van der Waals surface area contributed by atoms with Gasteiger partial charge in [-0.15, -0.1) is 0 Å². The maximum atomic E-state index is 9.91. The molecule has 3 aliphatic heterocycles. The Bertz CT molecular complexity index is 934. The molecule has 3 heterocycles. The van der Waals surface area contributed by atoms with E-state index in [0.29, 0.717) is 6.79 Å². The molecule has 0 amide bonds. The van der Waals surface area contributed by atoms with Crippen molar-refractivity contribution < 1.29 is 45.5 Å². The molecule has 5 rings (SSSR count). The van der Waals surface area contributed by atoms with Gasteiger partial charge in [-0.3, -0.25) is 0 Å². The highest BCUT2D eigenvalue weighted by Crippen LogP contribution is 2.50. The standard InChI is InChI=1S/C22H26NO5.BrH/c1-25-19-4-3-14-9-18-16-11-21-20(27-13-28-21)10-15(16)5-6-23(18,7-8-24)12-17(14)22(19)26-2;/h3-4,10-11,18,24H,5-9,12-13H2,1-2H3;1H/q+1;/p-1. The molecule has 0 fully saturated rings.